The Hall–Kier alpha value is -2.38. The Labute approximate surface area is 165 Å². The van der Waals surface area contributed by atoms with Crippen molar-refractivity contribution in [2.75, 3.05) is 27.8 Å². The number of rotatable bonds is 9. The van der Waals surface area contributed by atoms with E-state index in [4.69, 9.17) is 9.47 Å². The van der Waals surface area contributed by atoms with Crippen LogP contribution in [0.25, 0.3) is 0 Å². The Morgan fingerprint density at radius 2 is 2.22 bits per heavy atom. The van der Waals surface area contributed by atoms with Crippen LogP contribution in [-0.4, -0.2) is 43.7 Å². The highest BCUT2D eigenvalue weighted by Crippen LogP contribution is 2.21. The van der Waals surface area contributed by atoms with Gasteiger partial charge in [0.2, 0.25) is 0 Å². The number of ether oxygens (including phenoxy) is 2. The van der Waals surface area contributed by atoms with Gasteiger partial charge < -0.3 is 19.7 Å². The molecule has 7 heteroatoms. The second kappa shape index (κ2) is 10.7. The van der Waals surface area contributed by atoms with Crippen molar-refractivity contribution in [1.82, 2.24) is 15.2 Å². The van der Waals surface area contributed by atoms with E-state index in [-0.39, 0.29) is 6.10 Å². The summed E-state index contributed by atoms with van der Waals surface area (Å²) < 4.78 is 11.0. The zero-order valence-corrected chi connectivity index (χ0v) is 17.3. The molecule has 2 rings (SSSR count). The van der Waals surface area contributed by atoms with Crippen molar-refractivity contribution in [2.45, 2.75) is 26.1 Å². The van der Waals surface area contributed by atoms with Gasteiger partial charge in [0.05, 0.1) is 12.2 Å². The second-order valence-corrected chi connectivity index (χ2v) is 6.91. The van der Waals surface area contributed by atoms with Gasteiger partial charge in [-0.2, -0.15) is 0 Å². The summed E-state index contributed by atoms with van der Waals surface area (Å²) in [4.78, 5) is 11.1. The van der Waals surface area contributed by atoms with Crippen LogP contribution in [0.2, 0.25) is 0 Å². The average molecular weight is 389 g/mol. The fourth-order valence-corrected chi connectivity index (χ4v) is 3.34. The Bertz CT molecular complexity index is 760. The topological polar surface area (TPSA) is 59.0 Å². The smallest absolute Gasteiger partial charge is 0.194 e. The van der Waals surface area contributed by atoms with Crippen LogP contribution in [0.1, 0.15) is 29.3 Å². The Kier molecular flexibility index (Phi) is 8.29. The summed E-state index contributed by atoms with van der Waals surface area (Å²) in [5, 5.41) is 6.43. The Morgan fingerprint density at radius 3 is 2.93 bits per heavy atom. The summed E-state index contributed by atoms with van der Waals surface area (Å²) in [6, 6.07) is 7.96. The van der Waals surface area contributed by atoms with E-state index in [9.17, 15) is 0 Å². The third kappa shape index (κ3) is 6.08. The number of aromatic nitrogens is 1. The highest BCUT2D eigenvalue weighted by Gasteiger charge is 2.13. The molecule has 0 aliphatic rings. The minimum atomic E-state index is 0.0126. The van der Waals surface area contributed by atoms with Gasteiger partial charge in [0.1, 0.15) is 23.5 Å². The lowest BCUT2D eigenvalue weighted by Crippen LogP contribution is -2.38. The average Bonchev–Trinajstić information content (AvgIpc) is 3.15. The van der Waals surface area contributed by atoms with E-state index in [1.165, 1.54) is 0 Å². The molecule has 0 radical (unpaired) electrons. The fraction of sp³-hybridized carbons (Fsp3) is 0.400. The van der Waals surface area contributed by atoms with Crippen molar-refractivity contribution in [3.05, 3.63) is 58.6 Å². The lowest BCUT2D eigenvalue weighted by atomic mass is 10.2. The Balaban J connectivity index is 1.97. The first-order valence-electron chi connectivity index (χ1n) is 8.79. The van der Waals surface area contributed by atoms with Gasteiger partial charge >= 0.3 is 0 Å². The van der Waals surface area contributed by atoms with E-state index in [0.29, 0.717) is 19.7 Å². The van der Waals surface area contributed by atoms with Gasteiger partial charge in [0.25, 0.3) is 0 Å². The van der Waals surface area contributed by atoms with E-state index in [1.54, 1.807) is 31.6 Å². The molecular weight excluding hydrogens is 360 g/mol. The number of benzene rings is 1. The standard InChI is InChI=1S/C20H28N4O2S/c1-6-11-26-18-10-8-7-9-16(18)12-22-20(21-3)24(4)13-17-14-27-19(23-17)15(2)25-5/h6-10,14-15H,1,11-13H2,2-5H3,(H,21,22). The van der Waals surface area contributed by atoms with Crippen molar-refractivity contribution >= 4 is 17.3 Å². The van der Waals surface area contributed by atoms with Gasteiger partial charge in [-0.1, -0.05) is 30.9 Å². The van der Waals surface area contributed by atoms with Gasteiger partial charge in [-0.15, -0.1) is 11.3 Å². The van der Waals surface area contributed by atoms with E-state index < -0.39 is 0 Å². The summed E-state index contributed by atoms with van der Waals surface area (Å²) in [6.07, 6.45) is 1.75. The SMILES string of the molecule is C=CCOc1ccccc1CNC(=NC)N(C)Cc1csc(C(C)OC)n1. The van der Waals surface area contributed by atoms with Gasteiger partial charge in [-0.05, 0) is 13.0 Å². The van der Waals surface area contributed by atoms with Crippen LogP contribution < -0.4 is 10.1 Å². The van der Waals surface area contributed by atoms with Gasteiger partial charge in [-0.3, -0.25) is 4.99 Å². The minimum Gasteiger partial charge on any atom is -0.489 e. The Morgan fingerprint density at radius 1 is 1.44 bits per heavy atom. The number of para-hydroxylation sites is 1. The predicted octanol–water partition coefficient (Wildman–Crippen LogP) is 3.62. The van der Waals surface area contributed by atoms with Crippen LogP contribution >= 0.6 is 11.3 Å². The van der Waals surface area contributed by atoms with Crippen LogP contribution in [0, 0.1) is 0 Å². The molecule has 1 N–H and O–H groups in total. The molecule has 2 aromatic rings. The molecular formula is C20H28N4O2S. The van der Waals surface area contributed by atoms with Gasteiger partial charge in [0.15, 0.2) is 5.96 Å². The maximum atomic E-state index is 5.71. The molecule has 0 saturated carbocycles. The van der Waals surface area contributed by atoms with Crippen LogP contribution in [-0.2, 0) is 17.8 Å². The number of aliphatic imine (C=N–C) groups is 1. The molecule has 0 saturated heterocycles. The molecule has 1 unspecified atom stereocenters. The number of nitrogens with zero attached hydrogens (tertiary/aromatic N) is 3. The minimum absolute atomic E-state index is 0.0126. The highest BCUT2D eigenvalue weighted by molar-refractivity contribution is 7.09. The summed E-state index contributed by atoms with van der Waals surface area (Å²) in [6.45, 7) is 7.46. The maximum absolute atomic E-state index is 5.71. The van der Waals surface area contributed by atoms with Crippen LogP contribution in [0.4, 0.5) is 0 Å². The maximum Gasteiger partial charge on any atom is 0.194 e. The van der Waals surface area contributed by atoms with Crippen molar-refractivity contribution in [3.8, 4) is 5.75 Å². The van der Waals surface area contributed by atoms with Crippen molar-refractivity contribution in [3.63, 3.8) is 0 Å². The van der Waals surface area contributed by atoms with Crippen molar-refractivity contribution in [1.29, 1.82) is 0 Å². The van der Waals surface area contributed by atoms with Gasteiger partial charge in [0, 0.05) is 38.7 Å². The molecule has 1 aromatic heterocycles. The summed E-state index contributed by atoms with van der Waals surface area (Å²) in [5.41, 5.74) is 2.07. The van der Waals surface area contributed by atoms with E-state index in [1.807, 2.05) is 43.1 Å². The van der Waals surface area contributed by atoms with Crippen molar-refractivity contribution < 1.29 is 9.47 Å². The highest BCUT2D eigenvalue weighted by atomic mass is 32.1. The quantitative estimate of drug-likeness (QED) is 0.404. The number of guanidine groups is 1. The zero-order chi connectivity index (χ0) is 19.6. The van der Waals surface area contributed by atoms with Crippen LogP contribution in [0.15, 0.2) is 47.3 Å². The monoisotopic (exact) mass is 388 g/mol. The molecule has 0 aliphatic heterocycles. The number of hydrogen-bond acceptors (Lipinski definition) is 5. The first-order valence-corrected chi connectivity index (χ1v) is 9.67. The molecule has 1 atom stereocenters. The third-order valence-corrected chi connectivity index (χ3v) is 5.06. The van der Waals surface area contributed by atoms with Crippen molar-refractivity contribution in [2.24, 2.45) is 4.99 Å². The molecule has 6 nitrogen and oxygen atoms in total. The molecule has 27 heavy (non-hydrogen) atoms. The summed E-state index contributed by atoms with van der Waals surface area (Å²) in [5.74, 6) is 1.64. The van der Waals surface area contributed by atoms with Gasteiger partial charge in [-0.25, -0.2) is 4.98 Å². The van der Waals surface area contributed by atoms with Crippen LogP contribution in [0.5, 0.6) is 5.75 Å². The molecule has 1 aromatic carbocycles. The lowest BCUT2D eigenvalue weighted by molar-refractivity contribution is 0.119. The summed E-state index contributed by atoms with van der Waals surface area (Å²) in [7, 11) is 5.47. The second-order valence-electron chi connectivity index (χ2n) is 6.02. The predicted molar refractivity (Wildman–Crippen MR) is 111 cm³/mol. The number of thiazole rings is 1. The molecule has 0 fully saturated rings. The first kappa shape index (κ1) is 20.9. The number of methoxy groups -OCH3 is 1. The lowest BCUT2D eigenvalue weighted by Gasteiger charge is -2.22. The third-order valence-electron chi connectivity index (χ3n) is 4.01. The normalized spacial score (nSPS) is 12.5. The molecule has 1 heterocycles. The molecule has 0 spiro atoms. The number of nitrogens with one attached hydrogen (secondary N) is 1. The van der Waals surface area contributed by atoms with E-state index >= 15 is 0 Å². The molecule has 0 aliphatic carbocycles. The molecule has 0 bridgehead atoms. The largest absolute Gasteiger partial charge is 0.489 e. The number of hydrogen-bond donors (Lipinski definition) is 1. The van der Waals surface area contributed by atoms with E-state index in [2.05, 4.69) is 27.3 Å². The fourth-order valence-electron chi connectivity index (χ4n) is 2.50. The van der Waals surface area contributed by atoms with E-state index in [0.717, 1.165) is 28.0 Å². The first-order chi connectivity index (χ1) is 13.1. The molecule has 146 valence electrons. The molecule has 0 amide bonds. The zero-order valence-electron chi connectivity index (χ0n) is 16.4. The summed E-state index contributed by atoms with van der Waals surface area (Å²) >= 11 is 1.62. The van der Waals surface area contributed by atoms with Crippen LogP contribution in [0.3, 0.4) is 0 Å².